The summed E-state index contributed by atoms with van der Waals surface area (Å²) in [5.41, 5.74) is 0.175. The number of halogens is 6. The smallest absolute Gasteiger partial charge is 0.169 e. The van der Waals surface area contributed by atoms with Crippen molar-refractivity contribution in [2.24, 2.45) is 0 Å². The van der Waals surface area contributed by atoms with Gasteiger partial charge in [-0.2, -0.15) is 0 Å². The normalized spacial score (nSPS) is 15.5. The van der Waals surface area contributed by atoms with Crippen molar-refractivity contribution in [3.63, 3.8) is 0 Å². The van der Waals surface area contributed by atoms with Gasteiger partial charge in [0, 0.05) is 0 Å². The van der Waals surface area contributed by atoms with Crippen molar-refractivity contribution >= 4 is 0 Å². The number of hydrogen-bond acceptors (Lipinski definition) is 0. The minimum absolute atomic E-state index is 0.00137. The topological polar surface area (TPSA) is 0 Å². The Labute approximate surface area is 189 Å². The van der Waals surface area contributed by atoms with E-state index in [1.165, 1.54) is 6.07 Å². The fourth-order valence-corrected chi connectivity index (χ4v) is 4.70. The van der Waals surface area contributed by atoms with Gasteiger partial charge >= 0.3 is 0 Å². The van der Waals surface area contributed by atoms with Crippen LogP contribution in [0.1, 0.15) is 60.8 Å². The number of aryl methyl sites for hydroxylation is 1. The van der Waals surface area contributed by atoms with E-state index in [4.69, 9.17) is 0 Å². The Morgan fingerprint density at radius 3 is 2.24 bits per heavy atom. The van der Waals surface area contributed by atoms with Crippen LogP contribution in [0.5, 0.6) is 0 Å². The summed E-state index contributed by atoms with van der Waals surface area (Å²) < 4.78 is 86.8. The van der Waals surface area contributed by atoms with E-state index in [0.717, 1.165) is 43.4 Å². The number of hydrogen-bond donors (Lipinski definition) is 0. The molecule has 0 saturated carbocycles. The number of unbranched alkanes of at least 4 members (excludes halogenated alkanes) is 2. The first kappa shape index (κ1) is 23.4. The first-order valence-electron chi connectivity index (χ1n) is 11.2. The molecule has 3 aromatic rings. The highest BCUT2D eigenvalue weighted by Crippen LogP contribution is 2.41. The number of benzene rings is 3. The van der Waals surface area contributed by atoms with Gasteiger partial charge in [-0.1, -0.05) is 38.0 Å². The summed E-state index contributed by atoms with van der Waals surface area (Å²) in [6, 6.07) is 7.43. The second kappa shape index (κ2) is 9.62. The Balaban J connectivity index is 1.65. The summed E-state index contributed by atoms with van der Waals surface area (Å²) >= 11 is 0. The molecule has 0 saturated heterocycles. The van der Waals surface area contributed by atoms with Crippen LogP contribution in [0.2, 0.25) is 0 Å². The molecule has 0 bridgehead atoms. The van der Waals surface area contributed by atoms with Crippen LogP contribution < -0.4 is 0 Å². The van der Waals surface area contributed by atoms with Crippen molar-refractivity contribution in [2.45, 2.75) is 57.8 Å². The van der Waals surface area contributed by atoms with Crippen LogP contribution in [0.3, 0.4) is 0 Å². The molecule has 0 aliphatic heterocycles. The first-order chi connectivity index (χ1) is 15.8. The molecule has 33 heavy (non-hydrogen) atoms. The minimum Gasteiger partial charge on any atom is -0.207 e. The standard InChI is InChI=1S/C27H24F6/c1-2-3-4-5-15-6-9-18(22(29)12-15)16-7-10-19-20(13-16)26(32)27(33)24(25(19)31)17-8-11-21(28)23(30)14-17/h6,8-9,11-12,14,16H,2-5,7,10,13H2,1H3. The molecule has 6 heteroatoms. The van der Waals surface area contributed by atoms with E-state index in [-0.39, 0.29) is 29.5 Å². The zero-order valence-corrected chi connectivity index (χ0v) is 18.3. The van der Waals surface area contributed by atoms with Gasteiger partial charge in [0.2, 0.25) is 0 Å². The molecule has 1 unspecified atom stereocenters. The maximum Gasteiger partial charge on any atom is 0.169 e. The van der Waals surface area contributed by atoms with E-state index >= 15 is 8.78 Å². The van der Waals surface area contributed by atoms with Crippen LogP contribution in [0.4, 0.5) is 26.3 Å². The van der Waals surface area contributed by atoms with Gasteiger partial charge in [-0.25, -0.2) is 26.3 Å². The largest absolute Gasteiger partial charge is 0.207 e. The van der Waals surface area contributed by atoms with Crippen molar-refractivity contribution in [3.8, 4) is 11.1 Å². The molecule has 0 heterocycles. The van der Waals surface area contributed by atoms with Gasteiger partial charge in [-0.15, -0.1) is 0 Å². The molecule has 0 nitrogen and oxygen atoms in total. The van der Waals surface area contributed by atoms with Crippen molar-refractivity contribution in [1.82, 2.24) is 0 Å². The van der Waals surface area contributed by atoms with E-state index in [0.29, 0.717) is 18.1 Å². The molecule has 4 rings (SSSR count). The molecule has 1 atom stereocenters. The molecule has 0 aromatic heterocycles. The number of fused-ring (bicyclic) bond motifs is 1. The Morgan fingerprint density at radius 1 is 0.758 bits per heavy atom. The van der Waals surface area contributed by atoms with Crippen molar-refractivity contribution in [1.29, 1.82) is 0 Å². The fourth-order valence-electron chi connectivity index (χ4n) is 4.70. The summed E-state index contributed by atoms with van der Waals surface area (Å²) in [5.74, 6) is -6.92. The van der Waals surface area contributed by atoms with E-state index in [2.05, 4.69) is 6.92 Å². The monoisotopic (exact) mass is 462 g/mol. The SMILES string of the molecule is CCCCCc1ccc(C2CCc3c(F)c(-c4ccc(F)c(F)c4)c(F)c(F)c3C2)c(F)c1. The third kappa shape index (κ3) is 4.53. The van der Waals surface area contributed by atoms with Crippen LogP contribution in [-0.2, 0) is 19.3 Å². The molecule has 174 valence electrons. The van der Waals surface area contributed by atoms with Gasteiger partial charge < -0.3 is 0 Å². The summed E-state index contributed by atoms with van der Waals surface area (Å²) in [7, 11) is 0. The molecule has 1 aliphatic rings. The zero-order valence-electron chi connectivity index (χ0n) is 18.3. The molecular weight excluding hydrogens is 438 g/mol. The maximum absolute atomic E-state index is 15.2. The average molecular weight is 462 g/mol. The number of rotatable bonds is 6. The lowest BCUT2D eigenvalue weighted by Gasteiger charge is -2.27. The Hall–Kier alpha value is -2.76. The van der Waals surface area contributed by atoms with Crippen molar-refractivity contribution in [2.75, 3.05) is 0 Å². The van der Waals surface area contributed by atoms with E-state index in [1.807, 2.05) is 6.07 Å². The minimum atomic E-state index is -1.45. The van der Waals surface area contributed by atoms with E-state index < -0.39 is 46.4 Å². The summed E-state index contributed by atoms with van der Waals surface area (Å²) in [6.07, 6.45) is 4.27. The predicted octanol–water partition coefficient (Wildman–Crippen LogP) is 8.19. The second-order valence-electron chi connectivity index (χ2n) is 8.66. The van der Waals surface area contributed by atoms with Gasteiger partial charge in [-0.05, 0) is 84.0 Å². The van der Waals surface area contributed by atoms with Crippen LogP contribution in [0.15, 0.2) is 36.4 Å². The molecule has 3 aromatic carbocycles. The van der Waals surface area contributed by atoms with Gasteiger partial charge in [0.05, 0.1) is 5.56 Å². The molecule has 0 amide bonds. The first-order valence-corrected chi connectivity index (χ1v) is 11.2. The van der Waals surface area contributed by atoms with Crippen LogP contribution in [0.25, 0.3) is 11.1 Å². The highest BCUT2D eigenvalue weighted by molar-refractivity contribution is 5.67. The average Bonchev–Trinajstić information content (AvgIpc) is 2.80. The highest BCUT2D eigenvalue weighted by Gasteiger charge is 2.32. The lowest BCUT2D eigenvalue weighted by atomic mass is 9.78. The summed E-state index contributed by atoms with van der Waals surface area (Å²) in [6.45, 7) is 2.09. The third-order valence-corrected chi connectivity index (χ3v) is 6.50. The summed E-state index contributed by atoms with van der Waals surface area (Å²) in [5, 5.41) is 0. The lowest BCUT2D eigenvalue weighted by Crippen LogP contribution is -2.19. The van der Waals surface area contributed by atoms with Gasteiger partial charge in [-0.3, -0.25) is 0 Å². The Morgan fingerprint density at radius 2 is 1.55 bits per heavy atom. The van der Waals surface area contributed by atoms with Gasteiger partial charge in [0.15, 0.2) is 23.3 Å². The Kier molecular flexibility index (Phi) is 6.82. The quantitative estimate of drug-likeness (QED) is 0.197. The highest BCUT2D eigenvalue weighted by atomic mass is 19.2. The van der Waals surface area contributed by atoms with E-state index in [9.17, 15) is 17.6 Å². The van der Waals surface area contributed by atoms with Gasteiger partial charge in [0.1, 0.15) is 11.6 Å². The Bertz CT molecular complexity index is 1180. The summed E-state index contributed by atoms with van der Waals surface area (Å²) in [4.78, 5) is 0. The molecule has 0 radical (unpaired) electrons. The van der Waals surface area contributed by atoms with Crippen molar-refractivity contribution < 1.29 is 26.3 Å². The molecule has 0 fully saturated rings. The van der Waals surface area contributed by atoms with E-state index in [1.54, 1.807) is 6.07 Å². The van der Waals surface area contributed by atoms with Gasteiger partial charge in [0.25, 0.3) is 0 Å². The zero-order chi connectivity index (χ0) is 23.7. The van der Waals surface area contributed by atoms with Crippen LogP contribution >= 0.6 is 0 Å². The molecular formula is C27H24F6. The second-order valence-corrected chi connectivity index (χ2v) is 8.66. The predicted molar refractivity (Wildman–Crippen MR) is 116 cm³/mol. The maximum atomic E-state index is 15.2. The van der Waals surface area contributed by atoms with Crippen LogP contribution in [-0.4, -0.2) is 0 Å². The van der Waals surface area contributed by atoms with Crippen molar-refractivity contribution in [3.05, 3.63) is 93.6 Å². The van der Waals surface area contributed by atoms with Crippen LogP contribution in [0, 0.1) is 34.9 Å². The molecule has 1 aliphatic carbocycles. The lowest BCUT2D eigenvalue weighted by molar-refractivity contribution is 0.452. The molecule has 0 spiro atoms. The third-order valence-electron chi connectivity index (χ3n) is 6.50. The fraction of sp³-hybridized carbons (Fsp3) is 0.333. The molecule has 0 N–H and O–H groups in total.